The van der Waals surface area contributed by atoms with E-state index in [4.69, 9.17) is 5.73 Å². The van der Waals surface area contributed by atoms with E-state index in [1.165, 1.54) is 0 Å². The SMILES string of the molecule is Nc1ccc(CC(=O)N/N=C\c2ccc(Br)cc2)cc1. The highest BCUT2D eigenvalue weighted by atomic mass is 79.9. The minimum Gasteiger partial charge on any atom is -0.399 e. The van der Waals surface area contributed by atoms with Crippen LogP contribution in [0.3, 0.4) is 0 Å². The summed E-state index contributed by atoms with van der Waals surface area (Å²) >= 11 is 3.36. The number of carbonyl (C=O) groups is 1. The second kappa shape index (κ2) is 6.86. The third kappa shape index (κ3) is 4.51. The normalized spacial score (nSPS) is 10.7. The van der Waals surface area contributed by atoms with Crippen LogP contribution in [0.2, 0.25) is 0 Å². The first-order valence-corrected chi connectivity index (χ1v) is 6.85. The van der Waals surface area contributed by atoms with Gasteiger partial charge in [0.25, 0.3) is 0 Å². The Hall–Kier alpha value is -2.14. The van der Waals surface area contributed by atoms with Crippen LogP contribution in [0.5, 0.6) is 0 Å². The number of nitrogens with two attached hydrogens (primary N) is 1. The van der Waals surface area contributed by atoms with Gasteiger partial charge in [-0.05, 0) is 35.4 Å². The number of anilines is 1. The average Bonchev–Trinajstić information content (AvgIpc) is 2.44. The molecule has 2 aromatic carbocycles. The summed E-state index contributed by atoms with van der Waals surface area (Å²) in [6, 6.07) is 14.8. The Labute approximate surface area is 125 Å². The van der Waals surface area contributed by atoms with Crippen LogP contribution in [0.1, 0.15) is 11.1 Å². The molecular formula is C15H14BrN3O. The van der Waals surface area contributed by atoms with E-state index in [-0.39, 0.29) is 12.3 Å². The number of benzene rings is 2. The number of rotatable bonds is 4. The van der Waals surface area contributed by atoms with Gasteiger partial charge >= 0.3 is 0 Å². The van der Waals surface area contributed by atoms with Gasteiger partial charge in [0.1, 0.15) is 0 Å². The van der Waals surface area contributed by atoms with Crippen molar-refractivity contribution in [3.63, 3.8) is 0 Å². The van der Waals surface area contributed by atoms with E-state index in [2.05, 4.69) is 26.5 Å². The van der Waals surface area contributed by atoms with E-state index in [0.717, 1.165) is 15.6 Å². The van der Waals surface area contributed by atoms with Crippen LogP contribution >= 0.6 is 15.9 Å². The lowest BCUT2D eigenvalue weighted by Crippen LogP contribution is -2.19. The topological polar surface area (TPSA) is 67.5 Å². The minimum atomic E-state index is -0.164. The maximum Gasteiger partial charge on any atom is 0.244 e. The van der Waals surface area contributed by atoms with Gasteiger partial charge in [0.2, 0.25) is 5.91 Å². The van der Waals surface area contributed by atoms with E-state index in [1.54, 1.807) is 18.3 Å². The predicted molar refractivity (Wildman–Crippen MR) is 84.4 cm³/mol. The zero-order chi connectivity index (χ0) is 14.4. The maximum atomic E-state index is 11.7. The Kier molecular flexibility index (Phi) is 4.90. The fourth-order valence-corrected chi connectivity index (χ4v) is 1.85. The predicted octanol–water partition coefficient (Wildman–Crippen LogP) is 2.72. The van der Waals surface area contributed by atoms with E-state index in [1.807, 2.05) is 36.4 Å². The lowest BCUT2D eigenvalue weighted by atomic mass is 10.1. The summed E-state index contributed by atoms with van der Waals surface area (Å²) < 4.78 is 1.00. The van der Waals surface area contributed by atoms with E-state index >= 15 is 0 Å². The number of amides is 1. The number of carbonyl (C=O) groups excluding carboxylic acids is 1. The number of nitrogen functional groups attached to an aromatic ring is 1. The molecule has 0 saturated carbocycles. The molecule has 2 rings (SSSR count). The number of hydrogen-bond donors (Lipinski definition) is 2. The van der Waals surface area contributed by atoms with Crippen molar-refractivity contribution in [2.45, 2.75) is 6.42 Å². The standard InChI is InChI=1S/C15H14BrN3O/c16-13-5-1-12(2-6-13)10-18-19-15(20)9-11-3-7-14(17)8-4-11/h1-8,10H,9,17H2,(H,19,20)/b18-10-. The molecule has 0 heterocycles. The van der Waals surface area contributed by atoms with Crippen molar-refractivity contribution >= 4 is 33.7 Å². The van der Waals surface area contributed by atoms with Gasteiger partial charge in [-0.2, -0.15) is 5.10 Å². The largest absolute Gasteiger partial charge is 0.399 e. The molecule has 0 aliphatic carbocycles. The Bertz CT molecular complexity index is 606. The van der Waals surface area contributed by atoms with Crippen LogP contribution in [0, 0.1) is 0 Å². The number of hydrazone groups is 1. The van der Waals surface area contributed by atoms with Crippen molar-refractivity contribution in [3.05, 3.63) is 64.1 Å². The Balaban J connectivity index is 1.85. The van der Waals surface area contributed by atoms with Gasteiger partial charge in [0.05, 0.1) is 12.6 Å². The minimum absolute atomic E-state index is 0.164. The molecule has 0 spiro atoms. The lowest BCUT2D eigenvalue weighted by molar-refractivity contribution is -0.120. The summed E-state index contributed by atoms with van der Waals surface area (Å²) in [5.74, 6) is -0.164. The number of halogens is 1. The van der Waals surface area contributed by atoms with Crippen LogP contribution in [0.25, 0.3) is 0 Å². The van der Waals surface area contributed by atoms with Crippen LogP contribution in [0.15, 0.2) is 58.1 Å². The summed E-state index contributed by atoms with van der Waals surface area (Å²) in [5.41, 5.74) is 10.6. The third-order valence-corrected chi connectivity index (χ3v) is 3.15. The molecule has 0 radical (unpaired) electrons. The zero-order valence-corrected chi connectivity index (χ0v) is 12.3. The number of nitrogens with one attached hydrogen (secondary N) is 1. The van der Waals surface area contributed by atoms with Crippen molar-refractivity contribution < 1.29 is 4.79 Å². The maximum absolute atomic E-state index is 11.7. The van der Waals surface area contributed by atoms with Gasteiger partial charge in [-0.15, -0.1) is 0 Å². The first-order chi connectivity index (χ1) is 9.63. The van der Waals surface area contributed by atoms with E-state index in [0.29, 0.717) is 5.69 Å². The van der Waals surface area contributed by atoms with Crippen molar-refractivity contribution in [1.82, 2.24) is 5.43 Å². The molecule has 102 valence electrons. The van der Waals surface area contributed by atoms with Crippen molar-refractivity contribution in [2.24, 2.45) is 5.10 Å². The van der Waals surface area contributed by atoms with Gasteiger partial charge in [0, 0.05) is 10.2 Å². The molecule has 0 unspecified atom stereocenters. The third-order valence-electron chi connectivity index (χ3n) is 2.62. The molecule has 3 N–H and O–H groups in total. The zero-order valence-electron chi connectivity index (χ0n) is 10.7. The molecular weight excluding hydrogens is 318 g/mol. The summed E-state index contributed by atoms with van der Waals surface area (Å²) in [5, 5.41) is 3.92. The van der Waals surface area contributed by atoms with Gasteiger partial charge in [0.15, 0.2) is 0 Å². The molecule has 0 atom stereocenters. The second-order valence-corrected chi connectivity index (χ2v) is 5.18. The van der Waals surface area contributed by atoms with Crippen LogP contribution in [0.4, 0.5) is 5.69 Å². The molecule has 0 bridgehead atoms. The molecule has 5 heteroatoms. The first kappa shape index (κ1) is 14.3. The van der Waals surface area contributed by atoms with E-state index < -0.39 is 0 Å². The molecule has 2 aromatic rings. The van der Waals surface area contributed by atoms with Crippen LogP contribution in [-0.4, -0.2) is 12.1 Å². The Morgan fingerprint density at radius 2 is 1.80 bits per heavy atom. The van der Waals surface area contributed by atoms with Crippen molar-refractivity contribution in [1.29, 1.82) is 0 Å². The highest BCUT2D eigenvalue weighted by Gasteiger charge is 2.01. The molecule has 0 aliphatic rings. The molecule has 4 nitrogen and oxygen atoms in total. The monoisotopic (exact) mass is 331 g/mol. The summed E-state index contributed by atoms with van der Waals surface area (Å²) in [4.78, 5) is 11.7. The van der Waals surface area contributed by atoms with Gasteiger partial charge < -0.3 is 5.73 Å². The average molecular weight is 332 g/mol. The number of nitrogens with zero attached hydrogens (tertiary/aromatic N) is 1. The highest BCUT2D eigenvalue weighted by molar-refractivity contribution is 9.10. The second-order valence-electron chi connectivity index (χ2n) is 4.26. The Morgan fingerprint density at radius 1 is 1.15 bits per heavy atom. The van der Waals surface area contributed by atoms with Gasteiger partial charge in [-0.25, -0.2) is 5.43 Å². The van der Waals surface area contributed by atoms with Crippen LogP contribution in [-0.2, 0) is 11.2 Å². The molecule has 0 aromatic heterocycles. The van der Waals surface area contributed by atoms with Crippen LogP contribution < -0.4 is 11.2 Å². The van der Waals surface area contributed by atoms with Crippen molar-refractivity contribution in [2.75, 3.05) is 5.73 Å². The summed E-state index contributed by atoms with van der Waals surface area (Å²) in [6.45, 7) is 0. The van der Waals surface area contributed by atoms with E-state index in [9.17, 15) is 4.79 Å². The fraction of sp³-hybridized carbons (Fsp3) is 0.0667. The summed E-state index contributed by atoms with van der Waals surface area (Å²) in [6.07, 6.45) is 1.88. The molecule has 0 aliphatic heterocycles. The molecule has 0 saturated heterocycles. The fourth-order valence-electron chi connectivity index (χ4n) is 1.59. The Morgan fingerprint density at radius 3 is 2.45 bits per heavy atom. The molecule has 20 heavy (non-hydrogen) atoms. The lowest BCUT2D eigenvalue weighted by Gasteiger charge is -2.01. The summed E-state index contributed by atoms with van der Waals surface area (Å²) in [7, 11) is 0. The smallest absolute Gasteiger partial charge is 0.244 e. The van der Waals surface area contributed by atoms with Gasteiger partial charge in [-0.1, -0.05) is 40.2 Å². The van der Waals surface area contributed by atoms with Gasteiger partial charge in [-0.3, -0.25) is 4.79 Å². The van der Waals surface area contributed by atoms with Crippen molar-refractivity contribution in [3.8, 4) is 0 Å². The number of hydrogen-bond acceptors (Lipinski definition) is 3. The molecule has 1 amide bonds. The molecule has 0 fully saturated rings. The quantitative estimate of drug-likeness (QED) is 0.514. The first-order valence-electron chi connectivity index (χ1n) is 6.05. The highest BCUT2D eigenvalue weighted by Crippen LogP contribution is 2.09.